The molecule has 0 amide bonds. The van der Waals surface area contributed by atoms with E-state index in [-0.39, 0.29) is 4.90 Å². The van der Waals surface area contributed by atoms with Gasteiger partial charge in [0.15, 0.2) is 5.82 Å². The van der Waals surface area contributed by atoms with Gasteiger partial charge in [0.25, 0.3) is 10.0 Å². The van der Waals surface area contributed by atoms with Gasteiger partial charge in [-0.05, 0) is 42.8 Å². The van der Waals surface area contributed by atoms with Crippen LogP contribution < -0.4 is 4.72 Å². The summed E-state index contributed by atoms with van der Waals surface area (Å²) in [6, 6.07) is 7.74. The molecule has 0 fully saturated rings. The van der Waals surface area contributed by atoms with E-state index < -0.39 is 38.8 Å². The lowest BCUT2D eigenvalue weighted by atomic mass is 10.1. The number of rotatable bonds is 4. The van der Waals surface area contributed by atoms with Gasteiger partial charge in [-0.1, -0.05) is 6.07 Å². The third kappa shape index (κ3) is 3.80. The SMILES string of the molecule is Cc1c(C(F)(F)F)ccc(NS(=O)(=O)c2c[nH]c(-c3ccccn3)c2)c1F. The largest absolute Gasteiger partial charge is 0.416 e. The number of nitrogens with one attached hydrogen (secondary N) is 2. The van der Waals surface area contributed by atoms with E-state index in [1.54, 1.807) is 18.2 Å². The number of sulfonamides is 1. The maximum absolute atomic E-state index is 14.3. The van der Waals surface area contributed by atoms with E-state index in [9.17, 15) is 26.0 Å². The predicted octanol–water partition coefficient (Wildman–Crippen LogP) is 4.34. The summed E-state index contributed by atoms with van der Waals surface area (Å²) >= 11 is 0. The van der Waals surface area contributed by atoms with Crippen molar-refractivity contribution in [1.29, 1.82) is 0 Å². The molecule has 1 aromatic carbocycles. The second-order valence-electron chi connectivity index (χ2n) is 5.67. The lowest BCUT2D eigenvalue weighted by molar-refractivity contribution is -0.138. The summed E-state index contributed by atoms with van der Waals surface area (Å²) in [4.78, 5) is 6.61. The van der Waals surface area contributed by atoms with Crippen LogP contribution in [0.1, 0.15) is 11.1 Å². The van der Waals surface area contributed by atoms with Gasteiger partial charge in [-0.2, -0.15) is 13.2 Å². The third-order valence-electron chi connectivity index (χ3n) is 3.84. The normalized spacial score (nSPS) is 12.2. The van der Waals surface area contributed by atoms with Gasteiger partial charge in [-0.15, -0.1) is 0 Å². The van der Waals surface area contributed by atoms with Crippen LogP contribution in [0, 0.1) is 12.7 Å². The van der Waals surface area contributed by atoms with Crippen LogP contribution in [0.2, 0.25) is 0 Å². The molecule has 3 rings (SSSR count). The molecule has 0 aliphatic carbocycles. The van der Waals surface area contributed by atoms with Crippen molar-refractivity contribution in [3.8, 4) is 11.4 Å². The van der Waals surface area contributed by atoms with Crippen LogP contribution in [0.25, 0.3) is 11.4 Å². The van der Waals surface area contributed by atoms with Crippen LogP contribution in [0.4, 0.5) is 23.2 Å². The minimum absolute atomic E-state index is 0.208. The van der Waals surface area contributed by atoms with Crippen LogP contribution in [-0.2, 0) is 16.2 Å². The topological polar surface area (TPSA) is 74.8 Å². The second-order valence-corrected chi connectivity index (χ2v) is 7.35. The van der Waals surface area contributed by atoms with Crippen molar-refractivity contribution in [3.63, 3.8) is 0 Å². The average molecular weight is 399 g/mol. The molecule has 0 unspecified atom stereocenters. The van der Waals surface area contributed by atoms with E-state index in [4.69, 9.17) is 0 Å². The Labute approximate surface area is 152 Å². The zero-order chi connectivity index (χ0) is 19.8. The fraction of sp³-hybridized carbons (Fsp3) is 0.118. The molecule has 10 heteroatoms. The van der Waals surface area contributed by atoms with E-state index in [0.717, 1.165) is 13.0 Å². The lowest BCUT2D eigenvalue weighted by Crippen LogP contribution is -2.15. The van der Waals surface area contributed by atoms with Gasteiger partial charge >= 0.3 is 6.18 Å². The fourth-order valence-electron chi connectivity index (χ4n) is 2.47. The quantitative estimate of drug-likeness (QED) is 0.641. The predicted molar refractivity (Wildman–Crippen MR) is 91.0 cm³/mol. The number of alkyl halides is 3. The van der Waals surface area contributed by atoms with Gasteiger partial charge in [0.2, 0.25) is 0 Å². The van der Waals surface area contributed by atoms with Crippen molar-refractivity contribution in [2.24, 2.45) is 0 Å². The third-order valence-corrected chi connectivity index (χ3v) is 5.19. The van der Waals surface area contributed by atoms with Crippen molar-refractivity contribution in [3.05, 3.63) is 65.7 Å². The number of anilines is 1. The first kappa shape index (κ1) is 18.9. The monoisotopic (exact) mass is 399 g/mol. The Bertz CT molecular complexity index is 1080. The molecule has 3 aromatic rings. The van der Waals surface area contributed by atoms with Crippen LogP contribution in [-0.4, -0.2) is 18.4 Å². The van der Waals surface area contributed by atoms with Gasteiger partial charge in [-0.3, -0.25) is 9.71 Å². The summed E-state index contributed by atoms with van der Waals surface area (Å²) in [5.41, 5.74) is -1.51. The minimum atomic E-state index is -4.74. The van der Waals surface area contributed by atoms with E-state index in [2.05, 4.69) is 9.97 Å². The molecular weight excluding hydrogens is 386 g/mol. The molecule has 0 spiro atoms. The highest BCUT2D eigenvalue weighted by atomic mass is 32.2. The zero-order valence-corrected chi connectivity index (χ0v) is 14.6. The number of pyridine rings is 1. The Morgan fingerprint density at radius 2 is 1.89 bits per heavy atom. The first-order valence-corrected chi connectivity index (χ1v) is 9.07. The number of hydrogen-bond donors (Lipinski definition) is 2. The van der Waals surface area contributed by atoms with Crippen LogP contribution in [0.3, 0.4) is 0 Å². The van der Waals surface area contributed by atoms with Crippen LogP contribution >= 0.6 is 0 Å². The Morgan fingerprint density at radius 3 is 2.52 bits per heavy atom. The number of hydrogen-bond acceptors (Lipinski definition) is 3. The second kappa shape index (κ2) is 6.69. The van der Waals surface area contributed by atoms with E-state index in [0.29, 0.717) is 17.5 Å². The van der Waals surface area contributed by atoms with Gasteiger partial charge in [0, 0.05) is 12.4 Å². The smallest absolute Gasteiger partial charge is 0.359 e. The molecule has 0 saturated heterocycles. The maximum Gasteiger partial charge on any atom is 0.416 e. The maximum atomic E-state index is 14.3. The number of nitrogens with zero attached hydrogens (tertiary/aromatic N) is 1. The van der Waals surface area contributed by atoms with Crippen LogP contribution in [0.15, 0.2) is 53.7 Å². The van der Waals surface area contributed by atoms with Gasteiger partial charge in [0.05, 0.1) is 22.6 Å². The Balaban J connectivity index is 1.92. The molecule has 0 atom stereocenters. The summed E-state index contributed by atoms with van der Waals surface area (Å²) in [7, 11) is -4.22. The molecular formula is C17H13F4N3O2S. The standard InChI is InChI=1S/C17H13F4N3O2S/c1-10-12(17(19,20)21)5-6-14(16(10)18)24-27(25,26)11-8-15(23-9-11)13-4-2-3-7-22-13/h2-9,23-24H,1H3. The summed E-state index contributed by atoms with van der Waals surface area (Å²) in [6.45, 7) is 0.936. The number of aromatic amines is 1. The molecule has 2 aromatic heterocycles. The molecule has 0 aliphatic heterocycles. The average Bonchev–Trinajstić information content (AvgIpc) is 3.10. The summed E-state index contributed by atoms with van der Waals surface area (Å²) < 4.78 is 79.6. The van der Waals surface area contributed by atoms with Crippen molar-refractivity contribution in [2.75, 3.05) is 4.72 Å². The molecule has 0 aliphatic rings. The Morgan fingerprint density at radius 1 is 1.15 bits per heavy atom. The molecule has 2 N–H and O–H groups in total. The van der Waals surface area contributed by atoms with Gasteiger partial charge < -0.3 is 4.98 Å². The number of H-pyrrole nitrogens is 1. The zero-order valence-electron chi connectivity index (χ0n) is 13.8. The summed E-state index contributed by atoms with van der Waals surface area (Å²) in [5.74, 6) is -1.28. The molecule has 27 heavy (non-hydrogen) atoms. The summed E-state index contributed by atoms with van der Waals surface area (Å²) in [5, 5.41) is 0. The number of aromatic nitrogens is 2. The van der Waals surface area contributed by atoms with Crippen molar-refractivity contribution < 1.29 is 26.0 Å². The van der Waals surface area contributed by atoms with Crippen LogP contribution in [0.5, 0.6) is 0 Å². The minimum Gasteiger partial charge on any atom is -0.359 e. The molecule has 142 valence electrons. The molecule has 0 saturated carbocycles. The summed E-state index contributed by atoms with van der Waals surface area (Å²) in [6.07, 6.45) is -2.02. The van der Waals surface area contributed by atoms with Gasteiger partial charge in [0.1, 0.15) is 4.90 Å². The molecule has 2 heterocycles. The van der Waals surface area contributed by atoms with Crippen molar-refractivity contribution >= 4 is 15.7 Å². The molecule has 5 nitrogen and oxygen atoms in total. The lowest BCUT2D eigenvalue weighted by Gasteiger charge is -2.14. The van der Waals surface area contributed by atoms with Crippen molar-refractivity contribution in [1.82, 2.24) is 9.97 Å². The van der Waals surface area contributed by atoms with E-state index >= 15 is 0 Å². The highest BCUT2D eigenvalue weighted by molar-refractivity contribution is 7.92. The number of halogens is 4. The molecule has 0 bridgehead atoms. The van der Waals surface area contributed by atoms with Gasteiger partial charge in [-0.25, -0.2) is 12.8 Å². The number of benzene rings is 1. The molecule has 0 radical (unpaired) electrons. The Hall–Kier alpha value is -2.88. The first-order chi connectivity index (χ1) is 12.6. The Kier molecular flexibility index (Phi) is 4.68. The fourth-order valence-corrected chi connectivity index (χ4v) is 3.53. The highest BCUT2D eigenvalue weighted by Gasteiger charge is 2.34. The highest BCUT2D eigenvalue weighted by Crippen LogP contribution is 2.35. The first-order valence-electron chi connectivity index (χ1n) is 7.58. The van der Waals surface area contributed by atoms with Crippen molar-refractivity contribution in [2.45, 2.75) is 18.0 Å². The van der Waals surface area contributed by atoms with E-state index in [1.165, 1.54) is 18.5 Å². The van der Waals surface area contributed by atoms with E-state index in [1.807, 2.05) is 4.72 Å².